The van der Waals surface area contributed by atoms with Crippen LogP contribution in [0.25, 0.3) is 5.69 Å². The van der Waals surface area contributed by atoms with Crippen molar-refractivity contribution in [3.63, 3.8) is 0 Å². The molecule has 1 saturated heterocycles. The van der Waals surface area contributed by atoms with Gasteiger partial charge in [0.05, 0.1) is 24.0 Å². The number of hydrogen-bond donors (Lipinski definition) is 1. The number of benzene rings is 3. The van der Waals surface area contributed by atoms with Crippen molar-refractivity contribution in [2.45, 2.75) is 34.7 Å². The van der Waals surface area contributed by atoms with E-state index in [2.05, 4.69) is 0 Å². The number of carbonyl (C=O) groups is 2. The molecule has 4 aromatic rings. The number of halogens is 4. The number of para-hydroxylation sites is 1. The number of amides is 2. The van der Waals surface area contributed by atoms with E-state index in [1.54, 1.807) is 36.4 Å². The Morgan fingerprint density at radius 2 is 1.56 bits per heavy atom. The molecule has 1 N–H and O–H groups in total. The van der Waals surface area contributed by atoms with Crippen molar-refractivity contribution >= 4 is 52.3 Å². The fourth-order valence-corrected chi connectivity index (χ4v) is 7.65. The normalized spacial score (nSPS) is 26.1. The quantitative estimate of drug-likeness (QED) is 0.202. The number of nitrogens with zero attached hydrogens (tertiary/aromatic N) is 4. The number of allylic oxidation sites excluding steroid dienone is 2. The Kier molecular flexibility index (Phi) is 6.08. The summed E-state index contributed by atoms with van der Waals surface area (Å²) in [6.45, 7) is -0.0658. The second-order valence-electron chi connectivity index (χ2n) is 10.7. The Labute approximate surface area is 257 Å². The Morgan fingerprint density at radius 1 is 0.860 bits per heavy atom. The summed E-state index contributed by atoms with van der Waals surface area (Å²) < 4.78 is 17.2. The van der Waals surface area contributed by atoms with E-state index in [9.17, 15) is 28.7 Å². The molecule has 218 valence electrons. The number of aromatic nitrogens is 3. The molecule has 1 saturated carbocycles. The van der Waals surface area contributed by atoms with Crippen LogP contribution in [0.5, 0.6) is 5.75 Å². The van der Waals surface area contributed by atoms with Crippen molar-refractivity contribution in [2.75, 3.05) is 4.90 Å². The number of aromatic hydroxyl groups is 1. The molecule has 3 heterocycles. The molecule has 4 atom stereocenters. The summed E-state index contributed by atoms with van der Waals surface area (Å²) in [6.07, 6.45) is 1.31. The molecular formula is C30H20Cl3FN4O5. The van der Waals surface area contributed by atoms with Gasteiger partial charge in [0, 0.05) is 22.9 Å². The van der Waals surface area contributed by atoms with Crippen LogP contribution in [0.2, 0.25) is 5.02 Å². The average molecular weight is 642 g/mol. The molecule has 2 fully saturated rings. The highest BCUT2D eigenvalue weighted by Crippen LogP contribution is 2.64. The zero-order chi connectivity index (χ0) is 30.4. The van der Waals surface area contributed by atoms with E-state index < -0.39 is 50.7 Å². The van der Waals surface area contributed by atoms with Crippen LogP contribution in [0.15, 0.2) is 94.0 Å². The van der Waals surface area contributed by atoms with Crippen LogP contribution in [0.4, 0.5) is 10.1 Å². The van der Waals surface area contributed by atoms with Crippen LogP contribution in [0.3, 0.4) is 0 Å². The molecule has 2 aliphatic heterocycles. The number of imide groups is 1. The number of phenols is 1. The van der Waals surface area contributed by atoms with Gasteiger partial charge in [-0.05, 0) is 60.2 Å². The van der Waals surface area contributed by atoms with Crippen LogP contribution in [0.1, 0.15) is 23.9 Å². The molecule has 0 radical (unpaired) electrons. The lowest BCUT2D eigenvalue weighted by atomic mass is 9.64. The number of anilines is 1. The summed E-state index contributed by atoms with van der Waals surface area (Å²) in [5.41, 5.74) is -0.399. The summed E-state index contributed by atoms with van der Waals surface area (Å²) in [5, 5.41) is 11.3. The Hall–Kier alpha value is -4.12. The largest absolute Gasteiger partial charge is 0.508 e. The number of hydrogen-bond acceptors (Lipinski definition) is 5. The van der Waals surface area contributed by atoms with E-state index >= 15 is 0 Å². The number of phenolic OH excluding ortho intramolecular Hbond substituents is 1. The third kappa shape index (κ3) is 3.63. The van der Waals surface area contributed by atoms with Crippen LogP contribution in [-0.2, 0) is 16.1 Å². The van der Waals surface area contributed by atoms with Crippen molar-refractivity contribution in [3.05, 3.63) is 122 Å². The first kappa shape index (κ1) is 27.7. The molecular weight excluding hydrogens is 622 g/mol. The van der Waals surface area contributed by atoms with Gasteiger partial charge < -0.3 is 5.11 Å². The van der Waals surface area contributed by atoms with Crippen molar-refractivity contribution in [1.82, 2.24) is 13.9 Å². The Bertz CT molecular complexity index is 2000. The van der Waals surface area contributed by atoms with Gasteiger partial charge in [-0.25, -0.2) is 32.8 Å². The van der Waals surface area contributed by atoms with Crippen molar-refractivity contribution in [3.8, 4) is 11.4 Å². The van der Waals surface area contributed by atoms with Crippen LogP contribution >= 0.6 is 34.8 Å². The van der Waals surface area contributed by atoms with Gasteiger partial charge >= 0.3 is 11.4 Å². The number of carbonyl (C=O) groups excluding carboxylic acids is 2. The van der Waals surface area contributed by atoms with Crippen LogP contribution in [-0.4, -0.2) is 40.6 Å². The lowest BCUT2D eigenvalue weighted by molar-refractivity contribution is -0.122. The zero-order valence-corrected chi connectivity index (χ0v) is 24.2. The molecule has 3 aliphatic rings. The van der Waals surface area contributed by atoms with Gasteiger partial charge in [0.15, 0.2) is 9.75 Å². The van der Waals surface area contributed by atoms with E-state index in [-0.39, 0.29) is 35.0 Å². The Balaban J connectivity index is 1.49. The SMILES string of the molecule is O=C1N(c2ccc(F)cc2)C(=O)[C@@]2(Cl)[C@@H](c3cc(Cl)ccc3O)C3=CCn4c(=O)n(-c5ccccc5)c(=O)n4[C@@H]3C[C@@]12Cl. The lowest BCUT2D eigenvalue weighted by Gasteiger charge is -2.49. The van der Waals surface area contributed by atoms with E-state index in [0.29, 0.717) is 11.3 Å². The smallest absolute Gasteiger partial charge is 0.352 e. The fraction of sp³-hybridized carbons (Fsp3) is 0.200. The minimum absolute atomic E-state index is 0.0428. The number of rotatable bonds is 3. The van der Waals surface area contributed by atoms with Gasteiger partial charge in [0.2, 0.25) is 0 Å². The highest BCUT2D eigenvalue weighted by molar-refractivity contribution is 6.58. The van der Waals surface area contributed by atoms with Gasteiger partial charge in [0.25, 0.3) is 11.8 Å². The van der Waals surface area contributed by atoms with Crippen LogP contribution in [0, 0.1) is 5.82 Å². The molecule has 43 heavy (non-hydrogen) atoms. The molecule has 3 aromatic carbocycles. The molecule has 0 bridgehead atoms. The van der Waals surface area contributed by atoms with Crippen molar-refractivity contribution < 1.29 is 19.1 Å². The molecule has 7 rings (SSSR count). The molecule has 1 aliphatic carbocycles. The second-order valence-corrected chi connectivity index (χ2v) is 12.3. The highest BCUT2D eigenvalue weighted by atomic mass is 35.5. The molecule has 13 heteroatoms. The van der Waals surface area contributed by atoms with Gasteiger partial charge in [-0.1, -0.05) is 35.9 Å². The first-order valence-corrected chi connectivity index (χ1v) is 14.3. The molecule has 2 amide bonds. The average Bonchev–Trinajstić information content (AvgIpc) is 3.33. The summed E-state index contributed by atoms with van der Waals surface area (Å²) in [7, 11) is 0. The lowest BCUT2D eigenvalue weighted by Crippen LogP contribution is -2.59. The summed E-state index contributed by atoms with van der Waals surface area (Å²) in [5.74, 6) is -3.89. The minimum Gasteiger partial charge on any atom is -0.508 e. The molecule has 9 nitrogen and oxygen atoms in total. The summed E-state index contributed by atoms with van der Waals surface area (Å²) in [6, 6.07) is 16.2. The van der Waals surface area contributed by atoms with Gasteiger partial charge in [-0.3, -0.25) is 9.59 Å². The first-order chi connectivity index (χ1) is 20.5. The standard InChI is InChI=1S/C30H20Cl3FN4O5/c31-16-6-11-23(39)21(14-16)24-20-12-13-35-27(42)37(18-4-2-1-3-5-18)28(43)38(35)22(20)15-29(32)25(40)36(26(41)30(24,29)33)19-9-7-17(34)8-10-19/h1-12,14,22,24,39H,13,15H2/t22-,24-,29-,30+/m1/s1. The van der Waals surface area contributed by atoms with Gasteiger partial charge in [0.1, 0.15) is 11.6 Å². The fourth-order valence-electron chi connectivity index (χ4n) is 6.56. The maximum Gasteiger partial charge on any atom is 0.352 e. The van der Waals surface area contributed by atoms with E-state index in [1.807, 2.05) is 0 Å². The van der Waals surface area contributed by atoms with Crippen LogP contribution < -0.4 is 16.3 Å². The predicted molar refractivity (Wildman–Crippen MR) is 158 cm³/mol. The monoisotopic (exact) mass is 640 g/mol. The minimum atomic E-state index is -2.21. The number of fused-ring (bicyclic) bond motifs is 4. The van der Waals surface area contributed by atoms with Crippen molar-refractivity contribution in [1.29, 1.82) is 0 Å². The molecule has 0 unspecified atom stereocenters. The van der Waals surface area contributed by atoms with E-state index in [4.69, 9.17) is 34.8 Å². The van der Waals surface area contributed by atoms with E-state index in [0.717, 1.165) is 21.6 Å². The molecule has 0 spiro atoms. The maximum atomic E-state index is 14.3. The van der Waals surface area contributed by atoms with Gasteiger partial charge in [-0.15, -0.1) is 23.2 Å². The first-order valence-electron chi connectivity index (χ1n) is 13.2. The Morgan fingerprint density at radius 3 is 2.26 bits per heavy atom. The number of alkyl halides is 2. The molecule has 1 aromatic heterocycles. The van der Waals surface area contributed by atoms with Gasteiger partial charge in [-0.2, -0.15) is 0 Å². The topological polar surface area (TPSA) is 107 Å². The summed E-state index contributed by atoms with van der Waals surface area (Å²) >= 11 is 20.8. The van der Waals surface area contributed by atoms with Crippen molar-refractivity contribution in [2.24, 2.45) is 0 Å². The third-order valence-electron chi connectivity index (χ3n) is 8.48. The van der Waals surface area contributed by atoms with E-state index in [1.165, 1.54) is 39.7 Å². The zero-order valence-electron chi connectivity index (χ0n) is 22.0. The summed E-state index contributed by atoms with van der Waals surface area (Å²) in [4.78, 5) is 52.3. The maximum absolute atomic E-state index is 14.3. The third-order valence-corrected chi connectivity index (χ3v) is 10.1. The second kappa shape index (κ2) is 9.44. The predicted octanol–water partition coefficient (Wildman–Crippen LogP) is 4.50. The highest BCUT2D eigenvalue weighted by Gasteiger charge is 2.76.